The number of rotatable bonds is 31. The van der Waals surface area contributed by atoms with Gasteiger partial charge < -0.3 is 42.6 Å². The third-order valence-electron chi connectivity index (χ3n) is 10.4. The first kappa shape index (κ1) is 58.7. The smallest absolute Gasteiger partial charge is 0.337 e. The van der Waals surface area contributed by atoms with Crippen molar-refractivity contribution in [2.45, 2.75) is 132 Å². The zero-order valence-electron chi connectivity index (χ0n) is 39.9. The number of benzene rings is 1. The van der Waals surface area contributed by atoms with Gasteiger partial charge in [-0.05, 0) is 108 Å². The predicted octanol–water partition coefficient (Wildman–Crippen LogP) is 6.85. The normalized spacial score (nSPS) is 15.1. The number of hydrogen-bond acceptors (Lipinski definition) is 16. The molecule has 0 heterocycles. The Kier molecular flexibility index (Phi) is 23.5. The molecule has 0 spiro atoms. The molecule has 0 aliphatic heterocycles. The van der Waals surface area contributed by atoms with E-state index in [1.54, 1.807) is 52.0 Å². The van der Waals surface area contributed by atoms with Crippen LogP contribution in [0, 0.1) is 16.2 Å². The molecule has 64 heavy (non-hydrogen) atoms. The van der Waals surface area contributed by atoms with Crippen LogP contribution in [0.3, 0.4) is 0 Å². The van der Waals surface area contributed by atoms with E-state index >= 15 is 0 Å². The minimum absolute atomic E-state index is 0.0926. The molecule has 0 radical (unpaired) electrons. The van der Waals surface area contributed by atoms with Gasteiger partial charge in [0.1, 0.15) is 47.3 Å². The van der Waals surface area contributed by atoms with Crippen LogP contribution >= 0.6 is 31.9 Å². The number of alkyl halides is 2. The van der Waals surface area contributed by atoms with Gasteiger partial charge in [-0.3, -0.25) is 24.0 Å². The Morgan fingerprint density at radius 2 is 0.734 bits per heavy atom. The second-order valence-corrected chi connectivity index (χ2v) is 20.1. The summed E-state index contributed by atoms with van der Waals surface area (Å²) in [7, 11) is 0. The van der Waals surface area contributed by atoms with E-state index in [0.717, 1.165) is 0 Å². The average molecular weight is 1040 g/mol. The topological polar surface area (TPSA) is 203 Å². The van der Waals surface area contributed by atoms with Gasteiger partial charge in [0.15, 0.2) is 22.8 Å². The molecule has 16 nitrogen and oxygen atoms in total. The summed E-state index contributed by atoms with van der Waals surface area (Å²) in [4.78, 5) is 92.1. The largest absolute Gasteiger partial charge is 0.465 e. The molecule has 1 aromatic carbocycles. The third kappa shape index (κ3) is 18.9. The highest BCUT2D eigenvalue weighted by atomic mass is 79.9. The van der Waals surface area contributed by atoms with E-state index in [1.165, 1.54) is 62.3 Å². The van der Waals surface area contributed by atoms with E-state index in [0.29, 0.717) is 29.1 Å². The van der Waals surface area contributed by atoms with Crippen molar-refractivity contribution in [2.24, 2.45) is 16.2 Å². The summed E-state index contributed by atoms with van der Waals surface area (Å²) in [5.74, 6) is -4.53. The minimum Gasteiger partial charge on any atom is -0.465 e. The molecule has 0 saturated heterocycles. The van der Waals surface area contributed by atoms with Crippen LogP contribution < -0.4 is 0 Å². The van der Waals surface area contributed by atoms with Crippen molar-refractivity contribution in [1.82, 2.24) is 0 Å². The fourth-order valence-corrected chi connectivity index (χ4v) is 5.10. The molecule has 0 amide bonds. The number of halogens is 2. The number of esters is 5. The minimum atomic E-state index is -1.72. The molecule has 0 aliphatic rings. The molecule has 18 heteroatoms. The van der Waals surface area contributed by atoms with Crippen LogP contribution in [0.1, 0.15) is 108 Å². The van der Waals surface area contributed by atoms with Crippen LogP contribution in [0.15, 0.2) is 30.3 Å². The summed E-state index contributed by atoms with van der Waals surface area (Å²) >= 11 is 6.59. The molecule has 0 fully saturated rings. The lowest BCUT2D eigenvalue weighted by Gasteiger charge is -2.35. The van der Waals surface area contributed by atoms with Crippen LogP contribution in [0.2, 0.25) is 0 Å². The van der Waals surface area contributed by atoms with E-state index in [-0.39, 0.29) is 44.6 Å². The van der Waals surface area contributed by atoms with Gasteiger partial charge in [0.05, 0.1) is 39.6 Å². The Hall–Kier alpha value is -3.29. The molecule has 2 unspecified atom stereocenters. The van der Waals surface area contributed by atoms with Crippen molar-refractivity contribution in [3.05, 3.63) is 35.9 Å². The number of Topliss-reactive ketones (excluding diaryl/α,β-unsaturated/α-hetero) is 2. The third-order valence-corrected chi connectivity index (χ3v) is 11.6. The zero-order chi connectivity index (χ0) is 49.2. The fourth-order valence-electron chi connectivity index (χ4n) is 4.64. The highest BCUT2D eigenvalue weighted by Gasteiger charge is 2.46. The standard InChI is InChI=1S/C46H70Br2O16/c1-32(49)40(3,4)61-28-44(11,37(53)56-23-17-21-47)26-59-35(51)42(7,8)63-30-46(13,39(55)58-25-34-19-15-14-16-20-34)31-64-43(9,10)36(52)60-27-45(12,38(54)57-24-18-22-48)29-62-41(5,6)33(2)50/h14-16,19-20H,17-18,21-31H2,1-13H3. The predicted molar refractivity (Wildman–Crippen MR) is 243 cm³/mol. The summed E-state index contributed by atoms with van der Waals surface area (Å²) in [6.45, 7) is 16.6. The Balaban J connectivity index is 3.32. The van der Waals surface area contributed by atoms with Gasteiger partial charge in [-0.25, -0.2) is 9.59 Å². The lowest BCUT2D eigenvalue weighted by molar-refractivity contribution is -0.196. The number of carbonyl (C=O) groups excluding carboxylic acids is 7. The van der Waals surface area contributed by atoms with E-state index in [1.807, 2.05) is 6.07 Å². The molecular weight excluding hydrogens is 968 g/mol. The molecule has 0 bridgehead atoms. The molecule has 1 aromatic rings. The average Bonchev–Trinajstić information content (AvgIpc) is 3.24. The quantitative estimate of drug-likeness (QED) is 0.0323. The van der Waals surface area contributed by atoms with Gasteiger partial charge in [-0.1, -0.05) is 62.2 Å². The molecular formula is C46H70Br2O16. The van der Waals surface area contributed by atoms with Crippen molar-refractivity contribution in [3.63, 3.8) is 0 Å². The highest BCUT2D eigenvalue weighted by molar-refractivity contribution is 9.09. The summed E-state index contributed by atoms with van der Waals surface area (Å²) in [6, 6.07) is 8.91. The summed E-state index contributed by atoms with van der Waals surface area (Å²) in [5, 5.41) is 1.18. The van der Waals surface area contributed by atoms with Gasteiger partial charge in [0.25, 0.3) is 0 Å². The lowest BCUT2D eigenvalue weighted by atomic mass is 9.91. The first-order valence-electron chi connectivity index (χ1n) is 21.0. The van der Waals surface area contributed by atoms with E-state index in [2.05, 4.69) is 31.9 Å². The first-order chi connectivity index (χ1) is 29.4. The summed E-state index contributed by atoms with van der Waals surface area (Å²) < 4.78 is 51.6. The van der Waals surface area contributed by atoms with Crippen LogP contribution in [0.4, 0.5) is 0 Å². The molecule has 0 saturated carbocycles. The van der Waals surface area contributed by atoms with E-state index < -0.39 is 94.9 Å². The van der Waals surface area contributed by atoms with Gasteiger partial charge >= 0.3 is 29.8 Å². The second-order valence-electron chi connectivity index (χ2n) is 18.6. The molecule has 364 valence electrons. The molecule has 1 rings (SSSR count). The van der Waals surface area contributed by atoms with Crippen molar-refractivity contribution in [2.75, 3.05) is 63.5 Å². The maximum absolute atomic E-state index is 13.9. The van der Waals surface area contributed by atoms with Gasteiger partial charge in [-0.15, -0.1) is 0 Å². The number of ether oxygens (including phenoxy) is 9. The molecule has 0 aromatic heterocycles. The number of hydrogen-bond donors (Lipinski definition) is 0. The second kappa shape index (κ2) is 25.6. The Morgan fingerprint density at radius 1 is 0.422 bits per heavy atom. The van der Waals surface area contributed by atoms with Crippen molar-refractivity contribution < 1.29 is 76.2 Å². The first-order valence-corrected chi connectivity index (χ1v) is 23.3. The maximum atomic E-state index is 13.9. The van der Waals surface area contributed by atoms with Crippen molar-refractivity contribution in [3.8, 4) is 0 Å². The summed E-state index contributed by atoms with van der Waals surface area (Å²) in [5.41, 5.74) is -9.89. The summed E-state index contributed by atoms with van der Waals surface area (Å²) in [6.07, 6.45) is 1.06. The zero-order valence-corrected chi connectivity index (χ0v) is 43.0. The van der Waals surface area contributed by atoms with Crippen molar-refractivity contribution in [1.29, 1.82) is 0 Å². The van der Waals surface area contributed by atoms with Crippen molar-refractivity contribution >= 4 is 73.3 Å². The highest BCUT2D eigenvalue weighted by Crippen LogP contribution is 2.30. The Bertz CT molecular complexity index is 1630. The van der Waals surface area contributed by atoms with E-state index in [9.17, 15) is 33.6 Å². The molecule has 2 atom stereocenters. The molecule has 0 N–H and O–H groups in total. The Morgan fingerprint density at radius 3 is 1.06 bits per heavy atom. The van der Waals surface area contributed by atoms with Gasteiger partial charge in [0.2, 0.25) is 0 Å². The number of ketones is 2. The number of carbonyl (C=O) groups is 7. The lowest BCUT2D eigenvalue weighted by Crippen LogP contribution is -2.49. The van der Waals surface area contributed by atoms with Crippen LogP contribution in [0.25, 0.3) is 0 Å². The van der Waals surface area contributed by atoms with E-state index in [4.69, 9.17) is 42.6 Å². The fraction of sp³-hybridized carbons (Fsp3) is 0.717. The Labute approximate surface area is 395 Å². The monoisotopic (exact) mass is 1040 g/mol. The van der Waals surface area contributed by atoms with Gasteiger partial charge in [0, 0.05) is 10.7 Å². The van der Waals surface area contributed by atoms with Crippen LogP contribution in [-0.4, -0.2) is 127 Å². The van der Waals surface area contributed by atoms with Gasteiger partial charge in [-0.2, -0.15) is 0 Å². The maximum Gasteiger partial charge on any atom is 0.337 e. The van der Waals surface area contributed by atoms with Crippen LogP contribution in [-0.2, 0) is 82.8 Å². The SMILES string of the molecule is CC(=O)C(C)(C)OCC(C)(COC(=O)C(C)(C)OCC(C)(COC(C)(C)C(=O)OCC(C)(COC(C)(C)C(C)=O)C(=O)OCCCBr)C(=O)OCc1ccccc1)C(=O)OCCCBr. The molecule has 0 aliphatic carbocycles. The van der Waals surface area contributed by atoms with Crippen LogP contribution in [0.5, 0.6) is 0 Å².